The largest absolute Gasteiger partial charge is 0.390 e. The molecule has 1 fully saturated rings. The molecule has 0 radical (unpaired) electrons. The number of nitrogens with zero attached hydrogens (tertiary/aromatic N) is 5. The monoisotopic (exact) mass is 406 g/mol. The lowest BCUT2D eigenvalue weighted by Crippen LogP contribution is -2.29. The molecule has 0 spiro atoms. The Bertz CT molecular complexity index is 1230. The molecule has 0 amide bonds. The van der Waals surface area contributed by atoms with Crippen molar-refractivity contribution < 1.29 is 10.2 Å². The summed E-state index contributed by atoms with van der Waals surface area (Å²) in [7, 11) is 0. The lowest BCUT2D eigenvalue weighted by molar-refractivity contribution is 0.00545. The van der Waals surface area contributed by atoms with Crippen LogP contribution in [-0.4, -0.2) is 46.3 Å². The van der Waals surface area contributed by atoms with E-state index in [0.717, 1.165) is 35.3 Å². The number of rotatable bonds is 4. The van der Waals surface area contributed by atoms with Gasteiger partial charge in [-0.25, -0.2) is 15.0 Å². The van der Waals surface area contributed by atoms with Crippen molar-refractivity contribution in [3.8, 4) is 0 Å². The first-order valence-corrected chi connectivity index (χ1v) is 10.3. The molecule has 4 N–H and O–H groups in total. The number of aliphatic hydroxyl groups excluding tert-OH is 2. The Kier molecular flexibility index (Phi) is 4.48. The van der Waals surface area contributed by atoms with Crippen LogP contribution < -0.4 is 5.73 Å². The zero-order valence-electron chi connectivity index (χ0n) is 17.1. The quantitative estimate of drug-likeness (QED) is 0.479. The normalized spacial score (nSPS) is 24.3. The van der Waals surface area contributed by atoms with E-state index in [1.807, 2.05) is 23.8 Å². The number of imidazole rings is 1. The minimum atomic E-state index is -0.845. The van der Waals surface area contributed by atoms with Gasteiger partial charge in [-0.3, -0.25) is 0 Å². The van der Waals surface area contributed by atoms with Gasteiger partial charge in [0.05, 0.1) is 23.2 Å². The number of hydrogen-bond donors (Lipinski definition) is 3. The van der Waals surface area contributed by atoms with E-state index in [9.17, 15) is 10.2 Å². The Labute approximate surface area is 174 Å². The van der Waals surface area contributed by atoms with Gasteiger partial charge >= 0.3 is 0 Å². The van der Waals surface area contributed by atoms with E-state index in [1.165, 1.54) is 11.9 Å². The van der Waals surface area contributed by atoms with Crippen molar-refractivity contribution in [2.24, 2.45) is 5.92 Å². The Morgan fingerprint density at radius 3 is 2.80 bits per heavy atom. The van der Waals surface area contributed by atoms with Gasteiger partial charge in [-0.2, -0.15) is 0 Å². The lowest BCUT2D eigenvalue weighted by atomic mass is 9.96. The predicted molar refractivity (Wildman–Crippen MR) is 114 cm³/mol. The summed E-state index contributed by atoms with van der Waals surface area (Å²) >= 11 is 0. The molecule has 0 aromatic carbocycles. The highest BCUT2D eigenvalue weighted by molar-refractivity contribution is 5.86. The maximum Gasteiger partial charge on any atom is 0.145 e. The molecule has 4 atom stereocenters. The standard InChI is InChI=1S/C22H26N6O2/c1-12-13(2)27-7-5-14(9-18(27)26-12)3-4-15-10-17(20(30)19(15)29)28-8-6-16-21(23)24-11-25-22(16)28/h5-9,11,15,17,19-20,29-30H,3-4,10H2,1-2H3,(H2,23,24,25)/t15-,17+,19+,20-/m0/s1. The number of aliphatic hydroxyl groups is 2. The zero-order valence-corrected chi connectivity index (χ0v) is 17.1. The molecule has 0 bridgehead atoms. The molecule has 4 aromatic rings. The summed E-state index contributed by atoms with van der Waals surface area (Å²) in [5.41, 5.74) is 10.9. The smallest absolute Gasteiger partial charge is 0.145 e. The number of aryl methyl sites for hydroxylation is 3. The van der Waals surface area contributed by atoms with Crippen LogP contribution in [0.25, 0.3) is 16.7 Å². The highest BCUT2D eigenvalue weighted by atomic mass is 16.3. The number of nitrogens with two attached hydrogens (primary N) is 1. The van der Waals surface area contributed by atoms with Gasteiger partial charge in [-0.05, 0) is 62.8 Å². The number of hydrogen-bond acceptors (Lipinski definition) is 6. The van der Waals surface area contributed by atoms with Gasteiger partial charge in [0.25, 0.3) is 0 Å². The van der Waals surface area contributed by atoms with Gasteiger partial charge < -0.3 is 24.9 Å². The fourth-order valence-electron chi connectivity index (χ4n) is 4.75. The third-order valence-corrected chi connectivity index (χ3v) is 6.64. The van der Waals surface area contributed by atoms with Crippen LogP contribution in [0, 0.1) is 19.8 Å². The first-order chi connectivity index (χ1) is 14.4. The van der Waals surface area contributed by atoms with Crippen LogP contribution in [0.4, 0.5) is 5.82 Å². The molecule has 0 saturated heterocycles. The summed E-state index contributed by atoms with van der Waals surface area (Å²) < 4.78 is 4.01. The Hall–Kier alpha value is -2.97. The zero-order chi connectivity index (χ0) is 21.0. The van der Waals surface area contributed by atoms with Crippen molar-refractivity contribution in [2.45, 2.75) is 51.4 Å². The maximum atomic E-state index is 10.7. The molecular weight excluding hydrogens is 380 g/mol. The minimum absolute atomic E-state index is 0.000998. The number of anilines is 1. The average molecular weight is 406 g/mol. The van der Waals surface area contributed by atoms with Crippen molar-refractivity contribution in [1.29, 1.82) is 0 Å². The van der Waals surface area contributed by atoms with Gasteiger partial charge in [-0.1, -0.05) is 0 Å². The molecule has 1 saturated carbocycles. The van der Waals surface area contributed by atoms with E-state index in [2.05, 4.69) is 44.6 Å². The van der Waals surface area contributed by atoms with Crippen LogP contribution in [0.2, 0.25) is 0 Å². The van der Waals surface area contributed by atoms with Crippen molar-refractivity contribution >= 4 is 22.5 Å². The summed E-state index contributed by atoms with van der Waals surface area (Å²) in [6.45, 7) is 4.08. The van der Waals surface area contributed by atoms with Crippen LogP contribution in [0.3, 0.4) is 0 Å². The summed E-state index contributed by atoms with van der Waals surface area (Å²) in [5, 5.41) is 22.2. The summed E-state index contributed by atoms with van der Waals surface area (Å²) in [6.07, 6.45) is 6.03. The predicted octanol–water partition coefficient (Wildman–Crippen LogP) is 2.19. The highest BCUT2D eigenvalue weighted by Crippen LogP contribution is 2.39. The second-order valence-electron chi connectivity index (χ2n) is 8.35. The molecule has 0 unspecified atom stereocenters. The number of aromatic nitrogens is 5. The summed E-state index contributed by atoms with van der Waals surface area (Å²) in [5.74, 6) is 0.421. The Morgan fingerprint density at radius 2 is 1.97 bits per heavy atom. The highest BCUT2D eigenvalue weighted by Gasteiger charge is 2.42. The van der Waals surface area contributed by atoms with E-state index < -0.39 is 12.2 Å². The second-order valence-corrected chi connectivity index (χ2v) is 8.35. The third kappa shape index (κ3) is 2.95. The molecule has 1 aliphatic rings. The number of nitrogen functional groups attached to an aromatic ring is 1. The van der Waals surface area contributed by atoms with Crippen molar-refractivity contribution in [3.63, 3.8) is 0 Å². The van der Waals surface area contributed by atoms with Crippen LogP contribution in [0.1, 0.15) is 35.8 Å². The molecular formula is C22H26N6O2. The lowest BCUT2D eigenvalue weighted by Gasteiger charge is -2.19. The molecule has 5 rings (SSSR count). The molecule has 0 aliphatic heterocycles. The maximum absolute atomic E-state index is 10.7. The summed E-state index contributed by atoms with van der Waals surface area (Å²) in [6, 6.07) is 5.84. The third-order valence-electron chi connectivity index (χ3n) is 6.64. The SMILES string of the molecule is Cc1nc2cc(CC[C@H]3C[C@@H](n4ccc5c(N)ncnc54)[C@H](O)[C@@H]3O)ccn2c1C. The van der Waals surface area contributed by atoms with Crippen molar-refractivity contribution in [2.75, 3.05) is 5.73 Å². The first-order valence-electron chi connectivity index (χ1n) is 10.3. The van der Waals surface area contributed by atoms with Crippen molar-refractivity contribution in [3.05, 3.63) is 53.9 Å². The van der Waals surface area contributed by atoms with E-state index in [-0.39, 0.29) is 12.0 Å². The molecule has 4 aromatic heterocycles. The summed E-state index contributed by atoms with van der Waals surface area (Å²) in [4.78, 5) is 13.0. The fourth-order valence-corrected chi connectivity index (χ4v) is 4.75. The average Bonchev–Trinajstić information content (AvgIpc) is 3.37. The fraction of sp³-hybridized carbons (Fsp3) is 0.409. The van der Waals surface area contributed by atoms with Crippen molar-refractivity contribution in [1.82, 2.24) is 23.9 Å². The van der Waals surface area contributed by atoms with E-state index in [0.29, 0.717) is 17.9 Å². The van der Waals surface area contributed by atoms with Crippen LogP contribution in [0.15, 0.2) is 36.9 Å². The second kappa shape index (κ2) is 7.07. The Balaban J connectivity index is 1.34. The molecule has 4 heterocycles. The van der Waals surface area contributed by atoms with Crippen LogP contribution in [0.5, 0.6) is 0 Å². The number of fused-ring (bicyclic) bond motifs is 2. The van der Waals surface area contributed by atoms with E-state index in [4.69, 9.17) is 5.73 Å². The minimum Gasteiger partial charge on any atom is -0.390 e. The van der Waals surface area contributed by atoms with Gasteiger partial charge in [0.2, 0.25) is 0 Å². The molecule has 8 heteroatoms. The van der Waals surface area contributed by atoms with E-state index in [1.54, 1.807) is 0 Å². The van der Waals surface area contributed by atoms with Crippen LogP contribution in [-0.2, 0) is 6.42 Å². The van der Waals surface area contributed by atoms with E-state index >= 15 is 0 Å². The van der Waals surface area contributed by atoms with Gasteiger partial charge in [-0.15, -0.1) is 0 Å². The molecule has 30 heavy (non-hydrogen) atoms. The van der Waals surface area contributed by atoms with Gasteiger partial charge in [0.15, 0.2) is 0 Å². The number of pyridine rings is 1. The van der Waals surface area contributed by atoms with Crippen LogP contribution >= 0.6 is 0 Å². The topological polar surface area (TPSA) is 114 Å². The van der Waals surface area contributed by atoms with Gasteiger partial charge in [0, 0.05) is 18.1 Å². The molecule has 1 aliphatic carbocycles. The van der Waals surface area contributed by atoms with Gasteiger partial charge in [0.1, 0.15) is 29.5 Å². The Morgan fingerprint density at radius 1 is 1.13 bits per heavy atom. The molecule has 8 nitrogen and oxygen atoms in total. The first kappa shape index (κ1) is 19.0. The molecule has 156 valence electrons.